The first-order valence-corrected chi connectivity index (χ1v) is 6.92. The van der Waals surface area contributed by atoms with E-state index in [-0.39, 0.29) is 5.78 Å². The summed E-state index contributed by atoms with van der Waals surface area (Å²) in [4.78, 5) is 12.5. The van der Waals surface area contributed by atoms with Gasteiger partial charge in [-0.25, -0.2) is 0 Å². The molecule has 0 saturated carbocycles. The maximum Gasteiger partial charge on any atom is 0.193 e. The molecule has 0 aliphatic carbocycles. The maximum absolute atomic E-state index is 12.5. The molecule has 2 aromatic rings. The van der Waals surface area contributed by atoms with Crippen LogP contribution >= 0.6 is 0 Å². The van der Waals surface area contributed by atoms with E-state index >= 15 is 0 Å². The van der Waals surface area contributed by atoms with E-state index in [4.69, 9.17) is 4.74 Å². The summed E-state index contributed by atoms with van der Waals surface area (Å²) in [5, 5.41) is 9.57. The highest BCUT2D eigenvalue weighted by molar-refractivity contribution is 6.09. The lowest BCUT2D eigenvalue weighted by atomic mass is 10.0. The molecular formula is C17H19N3O2. The van der Waals surface area contributed by atoms with Crippen molar-refractivity contribution in [3.63, 3.8) is 0 Å². The summed E-state index contributed by atoms with van der Waals surface area (Å²) >= 11 is 0. The van der Waals surface area contributed by atoms with E-state index in [1.807, 2.05) is 18.2 Å². The van der Waals surface area contributed by atoms with Crippen LogP contribution in [-0.4, -0.2) is 32.0 Å². The Bertz CT molecular complexity index is 664. The number of nitrogens with zero attached hydrogens (tertiary/aromatic N) is 3. The molecule has 0 radical (unpaired) electrons. The van der Waals surface area contributed by atoms with Gasteiger partial charge in [0.15, 0.2) is 5.78 Å². The lowest BCUT2D eigenvalue weighted by molar-refractivity contribution is 0.103. The first kappa shape index (κ1) is 15.9. The number of carbonyl (C=O) groups is 1. The van der Waals surface area contributed by atoms with Gasteiger partial charge in [0.1, 0.15) is 0 Å². The van der Waals surface area contributed by atoms with Crippen LogP contribution in [-0.2, 0) is 11.3 Å². The molecule has 0 unspecified atom stereocenters. The van der Waals surface area contributed by atoms with Gasteiger partial charge in [-0.2, -0.15) is 0 Å². The minimum Gasteiger partial charge on any atom is -0.380 e. The van der Waals surface area contributed by atoms with Crippen LogP contribution in [0.25, 0.3) is 0 Å². The molecule has 0 spiro atoms. The highest BCUT2D eigenvalue weighted by Crippen LogP contribution is 2.17. The molecule has 0 heterocycles. The summed E-state index contributed by atoms with van der Waals surface area (Å²) in [7, 11) is 5.23. The zero-order valence-electron chi connectivity index (χ0n) is 13.0. The van der Waals surface area contributed by atoms with Crippen molar-refractivity contribution in [1.29, 1.82) is 0 Å². The molecule has 0 aliphatic rings. The minimum absolute atomic E-state index is 0.0194. The Morgan fingerprint density at radius 2 is 1.82 bits per heavy atom. The predicted molar refractivity (Wildman–Crippen MR) is 85.2 cm³/mol. The first-order valence-electron chi connectivity index (χ1n) is 6.92. The Morgan fingerprint density at radius 1 is 1.09 bits per heavy atom. The fourth-order valence-corrected chi connectivity index (χ4v) is 1.96. The van der Waals surface area contributed by atoms with Gasteiger partial charge in [0.05, 0.1) is 12.3 Å². The fraction of sp³-hybridized carbons (Fsp3) is 0.235. The van der Waals surface area contributed by atoms with Crippen molar-refractivity contribution in [1.82, 2.24) is 5.01 Å². The molecule has 0 bridgehead atoms. The Hall–Kier alpha value is -2.53. The van der Waals surface area contributed by atoms with Crippen molar-refractivity contribution in [2.75, 3.05) is 21.2 Å². The lowest BCUT2D eigenvalue weighted by Gasteiger charge is -2.05. The lowest BCUT2D eigenvalue weighted by Crippen LogP contribution is -2.02. The van der Waals surface area contributed by atoms with Crippen LogP contribution in [0, 0.1) is 0 Å². The van der Waals surface area contributed by atoms with Crippen molar-refractivity contribution in [2.24, 2.45) is 10.3 Å². The van der Waals surface area contributed by atoms with Crippen molar-refractivity contribution >= 4 is 11.5 Å². The largest absolute Gasteiger partial charge is 0.380 e. The topological polar surface area (TPSA) is 54.3 Å². The number of hydrogen-bond donors (Lipinski definition) is 0. The Kier molecular flexibility index (Phi) is 5.38. The van der Waals surface area contributed by atoms with Crippen molar-refractivity contribution in [2.45, 2.75) is 6.61 Å². The standard InChI is InChI=1S/C17H19N3O2/c1-20(2)19-18-16-9-7-14(8-10-16)17(21)15-6-4-5-13(11-15)12-22-3/h4-11H,12H2,1-3H3/b19-18+. The molecule has 5 heteroatoms. The second kappa shape index (κ2) is 7.47. The summed E-state index contributed by atoms with van der Waals surface area (Å²) in [6, 6.07) is 14.5. The van der Waals surface area contributed by atoms with E-state index in [2.05, 4.69) is 10.3 Å². The first-order chi connectivity index (χ1) is 10.6. The molecule has 0 N–H and O–H groups in total. The number of hydrogen-bond acceptors (Lipinski definition) is 4. The van der Waals surface area contributed by atoms with Crippen LogP contribution in [0.5, 0.6) is 0 Å². The maximum atomic E-state index is 12.5. The molecule has 0 amide bonds. The van der Waals surface area contributed by atoms with Crippen LogP contribution < -0.4 is 0 Å². The molecule has 2 rings (SSSR count). The average Bonchev–Trinajstić information content (AvgIpc) is 2.53. The molecule has 0 aliphatic heterocycles. The van der Waals surface area contributed by atoms with Crippen LogP contribution in [0.4, 0.5) is 5.69 Å². The molecule has 0 atom stereocenters. The van der Waals surface area contributed by atoms with Gasteiger partial charge in [0.2, 0.25) is 0 Å². The monoisotopic (exact) mass is 297 g/mol. The Labute approximate surface area is 130 Å². The number of ketones is 1. The SMILES string of the molecule is COCc1cccc(C(=O)c2ccc(/N=N/N(C)C)cc2)c1. The number of ether oxygens (including phenoxy) is 1. The molecular weight excluding hydrogens is 278 g/mol. The third-order valence-electron chi connectivity index (χ3n) is 2.97. The van der Waals surface area contributed by atoms with Gasteiger partial charge in [0, 0.05) is 32.3 Å². The van der Waals surface area contributed by atoms with E-state index in [1.54, 1.807) is 56.5 Å². The van der Waals surface area contributed by atoms with Crippen LogP contribution in [0.2, 0.25) is 0 Å². The van der Waals surface area contributed by atoms with Crippen LogP contribution in [0.1, 0.15) is 21.5 Å². The molecule has 2 aromatic carbocycles. The van der Waals surface area contributed by atoms with Gasteiger partial charge in [-0.05, 0) is 35.9 Å². The second-order valence-corrected chi connectivity index (χ2v) is 5.05. The van der Waals surface area contributed by atoms with Gasteiger partial charge in [-0.1, -0.05) is 23.4 Å². The van der Waals surface area contributed by atoms with Gasteiger partial charge in [0.25, 0.3) is 0 Å². The zero-order valence-corrected chi connectivity index (χ0v) is 13.0. The van der Waals surface area contributed by atoms with Gasteiger partial charge in [-0.15, -0.1) is 5.11 Å². The third-order valence-corrected chi connectivity index (χ3v) is 2.97. The minimum atomic E-state index is -0.0194. The normalized spacial score (nSPS) is 10.9. The molecule has 5 nitrogen and oxygen atoms in total. The molecule has 114 valence electrons. The van der Waals surface area contributed by atoms with Gasteiger partial charge >= 0.3 is 0 Å². The number of benzene rings is 2. The summed E-state index contributed by atoms with van der Waals surface area (Å²) in [6.07, 6.45) is 0. The fourth-order valence-electron chi connectivity index (χ4n) is 1.96. The molecule has 0 fully saturated rings. The van der Waals surface area contributed by atoms with Crippen molar-refractivity contribution < 1.29 is 9.53 Å². The van der Waals surface area contributed by atoms with Crippen LogP contribution in [0.3, 0.4) is 0 Å². The number of carbonyl (C=O) groups excluding carboxylic acids is 1. The van der Waals surface area contributed by atoms with Crippen LogP contribution in [0.15, 0.2) is 58.9 Å². The average molecular weight is 297 g/mol. The van der Waals surface area contributed by atoms with E-state index in [9.17, 15) is 4.79 Å². The Balaban J connectivity index is 2.17. The molecule has 0 aromatic heterocycles. The summed E-state index contributed by atoms with van der Waals surface area (Å²) in [6.45, 7) is 0.491. The zero-order chi connectivity index (χ0) is 15.9. The number of methoxy groups -OCH3 is 1. The Morgan fingerprint density at radius 3 is 2.45 bits per heavy atom. The van der Waals surface area contributed by atoms with Gasteiger partial charge < -0.3 is 4.74 Å². The summed E-state index contributed by atoms with van der Waals surface area (Å²) in [5.41, 5.74) is 2.96. The molecule has 0 saturated heterocycles. The van der Waals surface area contributed by atoms with E-state index in [0.29, 0.717) is 23.4 Å². The smallest absolute Gasteiger partial charge is 0.193 e. The van der Waals surface area contributed by atoms with E-state index in [1.165, 1.54) is 0 Å². The highest BCUT2D eigenvalue weighted by atomic mass is 16.5. The summed E-state index contributed by atoms with van der Waals surface area (Å²) in [5.74, 6) is -0.0194. The quantitative estimate of drug-likeness (QED) is 0.465. The van der Waals surface area contributed by atoms with Gasteiger partial charge in [-0.3, -0.25) is 9.80 Å². The van der Waals surface area contributed by atoms with Crippen molar-refractivity contribution in [3.8, 4) is 0 Å². The summed E-state index contributed by atoms with van der Waals surface area (Å²) < 4.78 is 5.09. The molecule has 22 heavy (non-hydrogen) atoms. The predicted octanol–water partition coefficient (Wildman–Crippen LogP) is 3.62. The number of rotatable bonds is 6. The highest BCUT2D eigenvalue weighted by Gasteiger charge is 2.09. The van der Waals surface area contributed by atoms with E-state index < -0.39 is 0 Å². The van der Waals surface area contributed by atoms with E-state index in [0.717, 1.165) is 5.56 Å². The second-order valence-electron chi connectivity index (χ2n) is 5.05. The third kappa shape index (κ3) is 4.23. The van der Waals surface area contributed by atoms with Crippen molar-refractivity contribution in [3.05, 3.63) is 65.2 Å².